The lowest BCUT2D eigenvalue weighted by molar-refractivity contribution is 0.621. The van der Waals surface area contributed by atoms with Gasteiger partial charge in [-0.1, -0.05) is 74.8 Å². The van der Waals surface area contributed by atoms with Gasteiger partial charge in [0.05, 0.1) is 0 Å². The van der Waals surface area contributed by atoms with Crippen LogP contribution in [0.3, 0.4) is 0 Å². The van der Waals surface area contributed by atoms with Gasteiger partial charge in [0.15, 0.2) is 0 Å². The fourth-order valence-corrected chi connectivity index (χ4v) is 2.42. The normalized spacial score (nSPS) is 12.9. The Balaban J connectivity index is 3.28. The molecule has 0 bridgehead atoms. The molecule has 0 aliphatic carbocycles. The Kier molecular flexibility index (Phi) is 20.4. The molecule has 0 fully saturated rings. The summed E-state index contributed by atoms with van der Waals surface area (Å²) in [6, 6.07) is 0. The van der Waals surface area contributed by atoms with Crippen LogP contribution in [-0.4, -0.2) is 13.3 Å². The smallest absolute Gasteiger partial charge is 0.0273 e. The molecule has 136 valence electrons. The van der Waals surface area contributed by atoms with Gasteiger partial charge in [-0.15, -0.1) is 0 Å². The van der Waals surface area contributed by atoms with Crippen LogP contribution in [0.2, 0.25) is 0 Å². The Hall–Kier alpha value is -1.37. The molecule has 1 heteroatoms. The molecule has 0 spiro atoms. The summed E-state index contributed by atoms with van der Waals surface area (Å²) in [7, 11) is 1.83. The molecule has 0 saturated carbocycles. The number of hydrogen-bond donors (Lipinski definition) is 0. The van der Waals surface area contributed by atoms with Gasteiger partial charge in [-0.2, -0.15) is 0 Å². The maximum absolute atomic E-state index is 3.97. The van der Waals surface area contributed by atoms with Crippen LogP contribution in [0.1, 0.15) is 84.0 Å². The molecule has 0 aromatic heterocycles. The highest BCUT2D eigenvalue weighted by atomic mass is 14.6. The van der Waals surface area contributed by atoms with Gasteiger partial charge in [0, 0.05) is 7.05 Å². The van der Waals surface area contributed by atoms with Crippen molar-refractivity contribution in [3.05, 3.63) is 48.6 Å². The summed E-state index contributed by atoms with van der Waals surface area (Å²) in [6.45, 7) is 2.20. The average molecular weight is 330 g/mol. The van der Waals surface area contributed by atoms with E-state index < -0.39 is 0 Å². The number of unbranched alkanes of at least 4 members (excludes halogenated alkanes) is 7. The quantitative estimate of drug-likeness (QED) is 0.157. The predicted octanol–water partition coefficient (Wildman–Crippen LogP) is 7.61. The molecule has 0 rings (SSSR count). The SMILES string of the molecule is CC/C=C\CCCCCCC/C=C\C/C=C\C/C=C\CCC=NC. The minimum atomic E-state index is 1.05. The van der Waals surface area contributed by atoms with Crippen molar-refractivity contribution in [3.8, 4) is 0 Å². The predicted molar refractivity (Wildman–Crippen MR) is 112 cm³/mol. The van der Waals surface area contributed by atoms with Gasteiger partial charge in [0.2, 0.25) is 0 Å². The second kappa shape index (κ2) is 21.6. The third-order valence-corrected chi connectivity index (χ3v) is 3.83. The first-order valence-corrected chi connectivity index (χ1v) is 9.92. The second-order valence-corrected chi connectivity index (χ2v) is 6.13. The highest BCUT2D eigenvalue weighted by molar-refractivity contribution is 5.56. The van der Waals surface area contributed by atoms with Crippen molar-refractivity contribution in [3.63, 3.8) is 0 Å². The Bertz CT molecular complexity index is 371. The molecular weight excluding hydrogens is 290 g/mol. The molecule has 0 aromatic carbocycles. The molecule has 0 amide bonds. The van der Waals surface area contributed by atoms with E-state index in [1.54, 1.807) is 0 Å². The molecule has 0 unspecified atom stereocenters. The first-order valence-electron chi connectivity index (χ1n) is 9.92. The summed E-state index contributed by atoms with van der Waals surface area (Å²) >= 11 is 0. The average Bonchev–Trinajstić information content (AvgIpc) is 2.60. The van der Waals surface area contributed by atoms with Gasteiger partial charge in [-0.05, 0) is 64.0 Å². The van der Waals surface area contributed by atoms with E-state index in [0.717, 1.165) is 25.7 Å². The van der Waals surface area contributed by atoms with E-state index >= 15 is 0 Å². The maximum Gasteiger partial charge on any atom is 0.0273 e. The first-order chi connectivity index (χ1) is 11.9. The first kappa shape index (κ1) is 22.6. The number of allylic oxidation sites excluding steroid dienone is 8. The van der Waals surface area contributed by atoms with Crippen LogP contribution in [0.5, 0.6) is 0 Å². The summed E-state index contributed by atoms with van der Waals surface area (Å²) in [6.07, 6.45) is 35.0. The van der Waals surface area contributed by atoms with Crippen molar-refractivity contribution in [1.29, 1.82) is 0 Å². The lowest BCUT2D eigenvalue weighted by Gasteiger charge is -1.98. The van der Waals surface area contributed by atoms with Crippen LogP contribution in [0.25, 0.3) is 0 Å². The molecule has 0 aliphatic rings. The summed E-state index contributed by atoms with van der Waals surface area (Å²) in [4.78, 5) is 3.97. The lowest BCUT2D eigenvalue weighted by Crippen LogP contribution is -1.78. The van der Waals surface area contributed by atoms with E-state index in [-0.39, 0.29) is 0 Å². The van der Waals surface area contributed by atoms with Crippen LogP contribution in [0, 0.1) is 0 Å². The van der Waals surface area contributed by atoms with E-state index in [2.05, 4.69) is 60.5 Å². The minimum Gasteiger partial charge on any atom is -0.301 e. The maximum atomic E-state index is 3.97. The monoisotopic (exact) mass is 329 g/mol. The molecule has 0 saturated heterocycles. The molecule has 1 nitrogen and oxygen atoms in total. The zero-order valence-corrected chi connectivity index (χ0v) is 16.1. The fraction of sp³-hybridized carbons (Fsp3) is 0.609. The van der Waals surface area contributed by atoms with E-state index in [0.29, 0.717) is 0 Å². The molecule has 0 radical (unpaired) electrons. The topological polar surface area (TPSA) is 12.4 Å². The molecule has 0 aliphatic heterocycles. The summed E-state index contributed by atoms with van der Waals surface area (Å²) in [5.74, 6) is 0. The Morgan fingerprint density at radius 2 is 1.04 bits per heavy atom. The van der Waals surface area contributed by atoms with Crippen LogP contribution >= 0.6 is 0 Å². The third-order valence-electron chi connectivity index (χ3n) is 3.83. The van der Waals surface area contributed by atoms with Crippen molar-refractivity contribution in [2.45, 2.75) is 84.0 Å². The van der Waals surface area contributed by atoms with Gasteiger partial charge in [-0.3, -0.25) is 0 Å². The van der Waals surface area contributed by atoms with Crippen molar-refractivity contribution in [2.24, 2.45) is 4.99 Å². The van der Waals surface area contributed by atoms with Crippen LogP contribution in [0.15, 0.2) is 53.6 Å². The van der Waals surface area contributed by atoms with Crippen LogP contribution < -0.4 is 0 Å². The highest BCUT2D eigenvalue weighted by Crippen LogP contribution is 2.08. The number of hydrogen-bond acceptors (Lipinski definition) is 1. The van der Waals surface area contributed by atoms with Gasteiger partial charge < -0.3 is 4.99 Å². The Morgan fingerprint density at radius 3 is 1.62 bits per heavy atom. The Labute approximate surface area is 151 Å². The zero-order chi connectivity index (χ0) is 17.6. The van der Waals surface area contributed by atoms with Gasteiger partial charge in [0.25, 0.3) is 0 Å². The summed E-state index contributed by atoms with van der Waals surface area (Å²) in [5, 5.41) is 0. The summed E-state index contributed by atoms with van der Waals surface area (Å²) < 4.78 is 0. The molecule has 0 aromatic rings. The van der Waals surface area contributed by atoms with Crippen molar-refractivity contribution in [1.82, 2.24) is 0 Å². The van der Waals surface area contributed by atoms with E-state index in [1.807, 2.05) is 13.3 Å². The molecule has 0 N–H and O–H groups in total. The molecular formula is C23H39N. The van der Waals surface area contributed by atoms with E-state index in [4.69, 9.17) is 0 Å². The van der Waals surface area contributed by atoms with Gasteiger partial charge in [-0.25, -0.2) is 0 Å². The molecule has 24 heavy (non-hydrogen) atoms. The van der Waals surface area contributed by atoms with Crippen LogP contribution in [-0.2, 0) is 0 Å². The largest absolute Gasteiger partial charge is 0.301 e. The van der Waals surface area contributed by atoms with Crippen molar-refractivity contribution < 1.29 is 0 Å². The van der Waals surface area contributed by atoms with E-state index in [1.165, 1.54) is 51.4 Å². The van der Waals surface area contributed by atoms with Gasteiger partial charge >= 0.3 is 0 Å². The molecule has 0 heterocycles. The Morgan fingerprint density at radius 1 is 0.542 bits per heavy atom. The van der Waals surface area contributed by atoms with E-state index in [9.17, 15) is 0 Å². The summed E-state index contributed by atoms with van der Waals surface area (Å²) in [5.41, 5.74) is 0. The lowest BCUT2D eigenvalue weighted by atomic mass is 10.1. The zero-order valence-electron chi connectivity index (χ0n) is 16.1. The van der Waals surface area contributed by atoms with Gasteiger partial charge in [0.1, 0.15) is 0 Å². The highest BCUT2D eigenvalue weighted by Gasteiger charge is 1.88. The van der Waals surface area contributed by atoms with Crippen molar-refractivity contribution >= 4 is 6.21 Å². The second-order valence-electron chi connectivity index (χ2n) is 6.13. The fourth-order valence-electron chi connectivity index (χ4n) is 2.42. The minimum absolute atomic E-state index is 1.05. The third kappa shape index (κ3) is 20.6. The molecule has 0 atom stereocenters. The van der Waals surface area contributed by atoms with Crippen molar-refractivity contribution in [2.75, 3.05) is 7.05 Å². The van der Waals surface area contributed by atoms with Crippen LogP contribution in [0.4, 0.5) is 0 Å². The number of rotatable bonds is 16. The standard InChI is InChI=1S/C23H39N/c1-3-4-5-6-7-8-9-10-11-12-13-14-15-16-17-18-19-20-21-22-23-24-2/h4-5,13-14,16-17,19-20,23H,3,6-12,15,18,21-22H2,1-2H3/b5-4-,14-13-,17-16-,20-19-,24-23?. The number of aliphatic imine (C=N–C) groups is 1. The number of nitrogens with zero attached hydrogens (tertiary/aromatic N) is 1.